The molecule has 2 fully saturated rings. The summed E-state index contributed by atoms with van der Waals surface area (Å²) >= 11 is 0. The number of nitrogen functional groups attached to an aromatic ring is 1. The average molecular weight is 458 g/mol. The molecule has 2 saturated heterocycles. The van der Waals surface area contributed by atoms with Crippen molar-refractivity contribution in [2.75, 3.05) is 62.3 Å². The number of likely N-dealkylation sites (tertiary alicyclic amines) is 1. The summed E-state index contributed by atoms with van der Waals surface area (Å²) in [6.07, 6.45) is 2.37. The third-order valence-corrected chi connectivity index (χ3v) is 6.34. The minimum Gasteiger partial charge on any atom is -0.448 e. The highest BCUT2D eigenvalue weighted by atomic mass is 19.1. The molecule has 0 spiro atoms. The highest BCUT2D eigenvalue weighted by molar-refractivity contribution is 5.67. The Morgan fingerprint density at radius 3 is 2.64 bits per heavy atom. The van der Waals surface area contributed by atoms with Gasteiger partial charge in [0.25, 0.3) is 0 Å². The fourth-order valence-electron chi connectivity index (χ4n) is 4.40. The smallest absolute Gasteiger partial charge is 0.409 e. The van der Waals surface area contributed by atoms with E-state index in [2.05, 4.69) is 25.5 Å². The van der Waals surface area contributed by atoms with Crippen molar-refractivity contribution in [3.8, 4) is 0 Å². The number of hydrogen-bond acceptors (Lipinski definition) is 8. The molecular formula is C23H32FN7O2. The number of anilines is 3. The second kappa shape index (κ2) is 10.7. The molecule has 0 bridgehead atoms. The molecule has 2 aromatic rings. The van der Waals surface area contributed by atoms with E-state index in [-0.39, 0.29) is 24.4 Å². The number of nitrogens with two attached hydrogens (primary N) is 1. The predicted molar refractivity (Wildman–Crippen MR) is 126 cm³/mol. The largest absolute Gasteiger partial charge is 0.448 e. The molecule has 1 aromatic carbocycles. The molecule has 33 heavy (non-hydrogen) atoms. The number of likely N-dealkylation sites (N-methyl/N-ethyl adjacent to an activating group) is 1. The molecule has 10 heteroatoms. The summed E-state index contributed by atoms with van der Waals surface area (Å²) in [4.78, 5) is 25.3. The predicted octanol–water partition coefficient (Wildman–Crippen LogP) is 2.42. The van der Waals surface area contributed by atoms with Crippen molar-refractivity contribution < 1.29 is 13.9 Å². The third-order valence-electron chi connectivity index (χ3n) is 6.34. The summed E-state index contributed by atoms with van der Waals surface area (Å²) < 4.78 is 18.3. The SMILES string of the molecule is CN[C@@H]1CCN(c2cc(C3CCN(C(=O)OCCNc4ccc(F)cc4)CC3)nc(N)n2)C1. The van der Waals surface area contributed by atoms with E-state index in [1.54, 1.807) is 17.0 Å². The molecule has 2 aliphatic rings. The van der Waals surface area contributed by atoms with Crippen LogP contribution in [0.5, 0.6) is 0 Å². The molecule has 1 aromatic heterocycles. The number of nitrogens with one attached hydrogen (secondary N) is 2. The van der Waals surface area contributed by atoms with E-state index >= 15 is 0 Å². The Balaban J connectivity index is 1.23. The number of ether oxygens (including phenoxy) is 1. The Morgan fingerprint density at radius 2 is 1.94 bits per heavy atom. The van der Waals surface area contributed by atoms with Crippen LogP contribution >= 0.6 is 0 Å². The van der Waals surface area contributed by atoms with Gasteiger partial charge in [-0.25, -0.2) is 14.2 Å². The molecule has 0 saturated carbocycles. The topological polar surface area (TPSA) is 109 Å². The molecule has 9 nitrogen and oxygen atoms in total. The van der Waals surface area contributed by atoms with Crippen LogP contribution in [0.1, 0.15) is 30.9 Å². The number of amides is 1. The van der Waals surface area contributed by atoms with Gasteiger partial charge in [-0.3, -0.25) is 0 Å². The minimum absolute atomic E-state index is 0.237. The first kappa shape index (κ1) is 23.0. The Morgan fingerprint density at radius 1 is 1.18 bits per heavy atom. The monoisotopic (exact) mass is 457 g/mol. The second-order valence-corrected chi connectivity index (χ2v) is 8.54. The Kier molecular flexibility index (Phi) is 7.43. The molecular weight excluding hydrogens is 425 g/mol. The normalized spacial score (nSPS) is 19.0. The second-order valence-electron chi connectivity index (χ2n) is 8.54. The number of carbonyl (C=O) groups is 1. The Hall–Kier alpha value is -3.14. The first-order valence-electron chi connectivity index (χ1n) is 11.5. The van der Waals surface area contributed by atoms with E-state index in [1.807, 2.05) is 13.1 Å². The molecule has 0 aliphatic carbocycles. The van der Waals surface area contributed by atoms with Crippen LogP contribution in [0.3, 0.4) is 0 Å². The summed E-state index contributed by atoms with van der Waals surface area (Å²) in [7, 11) is 1.98. The fourth-order valence-corrected chi connectivity index (χ4v) is 4.40. The number of nitrogens with zero attached hydrogens (tertiary/aromatic N) is 4. The van der Waals surface area contributed by atoms with Crippen LogP contribution in [0.2, 0.25) is 0 Å². The third kappa shape index (κ3) is 6.01. The lowest BCUT2D eigenvalue weighted by Gasteiger charge is -2.31. The number of aromatic nitrogens is 2. The molecule has 3 heterocycles. The summed E-state index contributed by atoms with van der Waals surface area (Å²) in [5.41, 5.74) is 7.75. The zero-order valence-electron chi connectivity index (χ0n) is 19.0. The lowest BCUT2D eigenvalue weighted by atomic mass is 9.93. The van der Waals surface area contributed by atoms with Crippen LogP contribution in [0.25, 0.3) is 0 Å². The van der Waals surface area contributed by atoms with E-state index in [0.717, 1.165) is 49.6 Å². The van der Waals surface area contributed by atoms with Crippen LogP contribution in [0.15, 0.2) is 30.3 Å². The van der Waals surface area contributed by atoms with Gasteiger partial charge in [0.2, 0.25) is 5.95 Å². The summed E-state index contributed by atoms with van der Waals surface area (Å²) in [5.74, 6) is 1.13. The fraction of sp³-hybridized carbons (Fsp3) is 0.522. The van der Waals surface area contributed by atoms with Crippen molar-refractivity contribution in [1.29, 1.82) is 0 Å². The molecule has 4 rings (SSSR count). The van der Waals surface area contributed by atoms with Crippen molar-refractivity contribution in [2.45, 2.75) is 31.2 Å². The number of benzene rings is 1. The Bertz CT molecular complexity index is 935. The summed E-state index contributed by atoms with van der Waals surface area (Å²) in [6, 6.07) is 8.58. The van der Waals surface area contributed by atoms with Crippen LogP contribution in [0, 0.1) is 5.82 Å². The molecule has 2 aliphatic heterocycles. The lowest BCUT2D eigenvalue weighted by Crippen LogP contribution is -2.39. The number of hydrogen-bond donors (Lipinski definition) is 3. The zero-order chi connectivity index (χ0) is 23.2. The quantitative estimate of drug-likeness (QED) is 0.544. The van der Waals surface area contributed by atoms with Gasteiger partial charge in [-0.2, -0.15) is 4.98 Å². The lowest BCUT2D eigenvalue weighted by molar-refractivity contribution is 0.0957. The molecule has 0 unspecified atom stereocenters. The van der Waals surface area contributed by atoms with Gasteiger partial charge in [-0.1, -0.05) is 0 Å². The van der Waals surface area contributed by atoms with E-state index in [1.165, 1.54) is 12.1 Å². The van der Waals surface area contributed by atoms with Crippen LogP contribution in [-0.4, -0.2) is 73.4 Å². The maximum Gasteiger partial charge on any atom is 0.409 e. The van der Waals surface area contributed by atoms with Gasteiger partial charge < -0.3 is 30.9 Å². The maximum absolute atomic E-state index is 12.9. The van der Waals surface area contributed by atoms with Crippen molar-refractivity contribution in [2.24, 2.45) is 0 Å². The highest BCUT2D eigenvalue weighted by Gasteiger charge is 2.28. The van der Waals surface area contributed by atoms with Crippen LogP contribution < -0.4 is 21.3 Å². The van der Waals surface area contributed by atoms with Gasteiger partial charge >= 0.3 is 6.09 Å². The van der Waals surface area contributed by atoms with Gasteiger partial charge in [0.15, 0.2) is 0 Å². The van der Waals surface area contributed by atoms with Gasteiger partial charge in [-0.05, 0) is 50.6 Å². The van der Waals surface area contributed by atoms with E-state index < -0.39 is 0 Å². The molecule has 178 valence electrons. The summed E-state index contributed by atoms with van der Waals surface area (Å²) in [5, 5.41) is 6.42. The number of rotatable bonds is 7. The summed E-state index contributed by atoms with van der Waals surface area (Å²) in [6.45, 7) is 3.78. The maximum atomic E-state index is 12.9. The highest BCUT2D eigenvalue weighted by Crippen LogP contribution is 2.30. The van der Waals surface area contributed by atoms with Gasteiger partial charge in [0.1, 0.15) is 18.2 Å². The Labute approximate surface area is 193 Å². The van der Waals surface area contributed by atoms with Crippen molar-refractivity contribution >= 4 is 23.5 Å². The van der Waals surface area contributed by atoms with E-state index in [0.29, 0.717) is 31.6 Å². The minimum atomic E-state index is -0.313. The number of halogens is 1. The van der Waals surface area contributed by atoms with E-state index in [4.69, 9.17) is 10.5 Å². The zero-order valence-corrected chi connectivity index (χ0v) is 19.0. The van der Waals surface area contributed by atoms with Crippen molar-refractivity contribution in [1.82, 2.24) is 20.2 Å². The van der Waals surface area contributed by atoms with Crippen molar-refractivity contribution in [3.63, 3.8) is 0 Å². The molecule has 1 amide bonds. The standard InChI is InChI=1S/C23H32FN7O2/c1-26-19-8-12-31(15-19)21-14-20(28-22(25)29-21)16-6-10-30(11-7-16)23(32)33-13-9-27-18-4-2-17(24)3-5-18/h2-5,14,16,19,26-27H,6-13,15H2,1H3,(H2,25,28,29)/t19-/m1/s1. The average Bonchev–Trinajstić information content (AvgIpc) is 3.32. The number of piperidine rings is 1. The first-order valence-corrected chi connectivity index (χ1v) is 11.5. The van der Waals surface area contributed by atoms with E-state index in [9.17, 15) is 9.18 Å². The van der Waals surface area contributed by atoms with Gasteiger partial charge in [0, 0.05) is 56.4 Å². The van der Waals surface area contributed by atoms with Gasteiger partial charge in [0.05, 0.1) is 5.69 Å². The van der Waals surface area contributed by atoms with Crippen LogP contribution in [0.4, 0.5) is 26.6 Å². The number of carbonyl (C=O) groups excluding carboxylic acids is 1. The molecule has 0 radical (unpaired) electrons. The molecule has 4 N–H and O–H groups in total. The van der Waals surface area contributed by atoms with Crippen LogP contribution in [-0.2, 0) is 4.74 Å². The van der Waals surface area contributed by atoms with Gasteiger partial charge in [-0.15, -0.1) is 0 Å². The molecule has 1 atom stereocenters. The first-order chi connectivity index (χ1) is 16.0. The van der Waals surface area contributed by atoms with Crippen molar-refractivity contribution in [3.05, 3.63) is 41.8 Å².